The number of rotatable bonds is 7. The second-order valence-electron chi connectivity index (χ2n) is 10.3. The Labute approximate surface area is 222 Å². The first kappa shape index (κ1) is 25.7. The highest BCUT2D eigenvalue weighted by Gasteiger charge is 2.39. The van der Waals surface area contributed by atoms with Crippen LogP contribution in [0.15, 0.2) is 84.0 Å². The number of hydrogen-bond donors (Lipinski definition) is 1. The maximum atomic E-state index is 13.2. The first-order valence-corrected chi connectivity index (χ1v) is 14.0. The lowest BCUT2D eigenvalue weighted by molar-refractivity contribution is 0.0981. The summed E-state index contributed by atoms with van der Waals surface area (Å²) >= 11 is 0. The molecule has 8 nitrogen and oxygen atoms in total. The third-order valence-electron chi connectivity index (χ3n) is 6.76. The van der Waals surface area contributed by atoms with E-state index in [2.05, 4.69) is 40.4 Å². The third kappa shape index (κ3) is 5.33. The minimum absolute atomic E-state index is 0.142. The number of carbonyl (C=O) groups is 1. The predicted octanol–water partition coefficient (Wildman–Crippen LogP) is 4.95. The number of anilines is 1. The van der Waals surface area contributed by atoms with Gasteiger partial charge in [-0.2, -0.15) is 13.4 Å². The van der Waals surface area contributed by atoms with E-state index >= 15 is 0 Å². The Morgan fingerprint density at radius 2 is 1.84 bits per heavy atom. The van der Waals surface area contributed by atoms with Gasteiger partial charge in [0.25, 0.3) is 15.9 Å². The highest BCUT2D eigenvalue weighted by molar-refractivity contribution is 7.90. The smallest absolute Gasteiger partial charge is 0.281 e. The van der Waals surface area contributed by atoms with Crippen LogP contribution in [0.5, 0.6) is 5.88 Å². The molecule has 0 saturated carbocycles. The van der Waals surface area contributed by atoms with Gasteiger partial charge in [-0.3, -0.25) is 4.79 Å². The lowest BCUT2D eigenvalue weighted by atomic mass is 9.97. The van der Waals surface area contributed by atoms with Crippen LogP contribution in [0.3, 0.4) is 0 Å². The lowest BCUT2D eigenvalue weighted by Gasteiger charge is -2.33. The topological polar surface area (TPSA) is 101 Å². The molecule has 1 atom stereocenters. The van der Waals surface area contributed by atoms with Crippen molar-refractivity contribution in [3.63, 3.8) is 0 Å². The zero-order valence-electron chi connectivity index (χ0n) is 21.6. The molecule has 4 aromatic rings. The molecule has 1 aliphatic heterocycles. The average molecular weight is 531 g/mol. The number of aromatic nitrogens is 2. The van der Waals surface area contributed by atoms with Crippen LogP contribution >= 0.6 is 0 Å². The molecule has 0 radical (unpaired) electrons. The number of carbonyl (C=O) groups excluding carboxylic acids is 1. The van der Waals surface area contributed by atoms with E-state index in [1.54, 1.807) is 24.4 Å². The zero-order chi connectivity index (χ0) is 26.9. The van der Waals surface area contributed by atoms with E-state index in [9.17, 15) is 13.2 Å². The van der Waals surface area contributed by atoms with Crippen molar-refractivity contribution in [2.24, 2.45) is 5.92 Å². The van der Waals surface area contributed by atoms with Crippen LogP contribution in [0, 0.1) is 5.92 Å². The fourth-order valence-corrected chi connectivity index (χ4v) is 6.02. The van der Waals surface area contributed by atoms with Gasteiger partial charge in [-0.1, -0.05) is 49.4 Å². The highest BCUT2D eigenvalue weighted by atomic mass is 32.2. The summed E-state index contributed by atoms with van der Waals surface area (Å²) in [5, 5.41) is 1.90. The molecule has 1 amide bonds. The molecule has 196 valence electrons. The van der Waals surface area contributed by atoms with E-state index in [-0.39, 0.29) is 28.6 Å². The number of fused-ring (bicyclic) bond motifs is 1. The van der Waals surface area contributed by atoms with E-state index in [0.29, 0.717) is 11.7 Å². The molecule has 1 fully saturated rings. The Balaban J connectivity index is 1.32. The molecule has 1 saturated heterocycles. The first-order chi connectivity index (χ1) is 18.1. The van der Waals surface area contributed by atoms with Crippen molar-refractivity contribution < 1.29 is 17.9 Å². The number of nitrogens with zero attached hydrogens (tertiary/aromatic N) is 3. The molecular formula is C29H30N4O4S. The SMILES string of the molecule is CC1CN(c2ncccc2C(=O)NS(=O)(=O)c2cccc(OCc3ccc4ccccc4c3)n2)C(C)(C)C1. The standard InChI is InChI=1S/C29H30N4O4S/c1-20-17-29(2,3)33(18-20)27-24(10-7-15-30-27)28(34)32-38(35,36)26-12-6-11-25(31-26)37-19-21-13-14-22-8-4-5-9-23(22)16-21/h4-16,20H,17-19H2,1-3H3,(H,32,34). The Hall–Kier alpha value is -3.98. The molecule has 2 aromatic heterocycles. The molecule has 1 N–H and O–H groups in total. The van der Waals surface area contributed by atoms with E-state index in [1.807, 2.05) is 42.5 Å². The van der Waals surface area contributed by atoms with Crippen LogP contribution in [-0.4, -0.2) is 36.4 Å². The van der Waals surface area contributed by atoms with Gasteiger partial charge in [0.1, 0.15) is 12.4 Å². The van der Waals surface area contributed by atoms with Crippen molar-refractivity contribution in [3.05, 3.63) is 90.1 Å². The van der Waals surface area contributed by atoms with E-state index in [4.69, 9.17) is 4.74 Å². The molecule has 0 bridgehead atoms. The average Bonchev–Trinajstić information content (AvgIpc) is 3.18. The summed E-state index contributed by atoms with van der Waals surface area (Å²) in [4.78, 5) is 23.8. The van der Waals surface area contributed by atoms with E-state index in [1.165, 1.54) is 12.1 Å². The summed E-state index contributed by atoms with van der Waals surface area (Å²) in [6.07, 6.45) is 2.55. The molecule has 1 aliphatic rings. The summed E-state index contributed by atoms with van der Waals surface area (Å²) in [5.74, 6) is 0.277. The van der Waals surface area contributed by atoms with Gasteiger partial charge in [-0.25, -0.2) is 9.71 Å². The Morgan fingerprint density at radius 1 is 1.05 bits per heavy atom. The van der Waals surface area contributed by atoms with Gasteiger partial charge in [0.15, 0.2) is 5.03 Å². The van der Waals surface area contributed by atoms with Crippen molar-refractivity contribution in [2.75, 3.05) is 11.4 Å². The molecule has 1 unspecified atom stereocenters. The quantitative estimate of drug-likeness (QED) is 0.361. The zero-order valence-corrected chi connectivity index (χ0v) is 22.4. The number of ether oxygens (including phenoxy) is 1. The molecule has 5 rings (SSSR count). The maximum absolute atomic E-state index is 13.2. The Kier molecular flexibility index (Phi) is 6.79. The molecule has 38 heavy (non-hydrogen) atoms. The Morgan fingerprint density at radius 3 is 2.61 bits per heavy atom. The summed E-state index contributed by atoms with van der Waals surface area (Å²) in [6, 6.07) is 21.6. The highest BCUT2D eigenvalue weighted by Crippen LogP contribution is 2.37. The van der Waals surface area contributed by atoms with Crippen LogP contribution in [0.1, 0.15) is 43.1 Å². The number of hydrogen-bond acceptors (Lipinski definition) is 7. The summed E-state index contributed by atoms with van der Waals surface area (Å²) in [6.45, 7) is 7.29. The second-order valence-corrected chi connectivity index (χ2v) is 12.0. The van der Waals surface area contributed by atoms with Gasteiger partial charge in [0.05, 0.1) is 5.56 Å². The number of nitrogens with one attached hydrogen (secondary N) is 1. The number of benzene rings is 2. The third-order valence-corrected chi connectivity index (χ3v) is 7.99. The largest absolute Gasteiger partial charge is 0.473 e. The number of amides is 1. The fourth-order valence-electron chi connectivity index (χ4n) is 5.09. The number of sulfonamides is 1. The molecule has 2 aromatic carbocycles. The Bertz CT molecular complexity index is 1600. The molecule has 0 aliphatic carbocycles. The normalized spacial score (nSPS) is 16.9. The monoisotopic (exact) mass is 530 g/mol. The molecule has 0 spiro atoms. The van der Waals surface area contributed by atoms with Crippen molar-refractivity contribution >= 4 is 32.5 Å². The van der Waals surface area contributed by atoms with Gasteiger partial charge < -0.3 is 9.64 Å². The summed E-state index contributed by atoms with van der Waals surface area (Å²) < 4.78 is 34.2. The summed E-state index contributed by atoms with van der Waals surface area (Å²) in [5.41, 5.74) is 0.914. The van der Waals surface area contributed by atoms with Crippen molar-refractivity contribution in [1.82, 2.24) is 14.7 Å². The van der Waals surface area contributed by atoms with Crippen LogP contribution in [-0.2, 0) is 16.6 Å². The van der Waals surface area contributed by atoms with Crippen molar-refractivity contribution in [2.45, 2.75) is 44.4 Å². The van der Waals surface area contributed by atoms with E-state index in [0.717, 1.165) is 29.3 Å². The minimum atomic E-state index is -4.26. The second kappa shape index (κ2) is 10.1. The van der Waals surface area contributed by atoms with Gasteiger partial charge in [-0.15, -0.1) is 0 Å². The van der Waals surface area contributed by atoms with Crippen LogP contribution in [0.4, 0.5) is 5.82 Å². The van der Waals surface area contributed by atoms with Crippen LogP contribution in [0.2, 0.25) is 0 Å². The lowest BCUT2D eigenvalue weighted by Crippen LogP contribution is -2.41. The maximum Gasteiger partial charge on any atom is 0.281 e. The van der Waals surface area contributed by atoms with Crippen LogP contribution < -0.4 is 14.4 Å². The van der Waals surface area contributed by atoms with Crippen molar-refractivity contribution in [1.29, 1.82) is 0 Å². The molecular weight excluding hydrogens is 500 g/mol. The minimum Gasteiger partial charge on any atom is -0.473 e. The van der Waals surface area contributed by atoms with Gasteiger partial charge in [0, 0.05) is 24.3 Å². The number of pyridine rings is 2. The van der Waals surface area contributed by atoms with Crippen molar-refractivity contribution in [3.8, 4) is 5.88 Å². The molecule has 9 heteroatoms. The van der Waals surface area contributed by atoms with Gasteiger partial charge in [0.2, 0.25) is 5.88 Å². The first-order valence-electron chi connectivity index (χ1n) is 12.5. The predicted molar refractivity (Wildman–Crippen MR) is 147 cm³/mol. The van der Waals surface area contributed by atoms with Crippen LogP contribution in [0.25, 0.3) is 10.8 Å². The fraction of sp³-hybridized carbons (Fsp3) is 0.276. The van der Waals surface area contributed by atoms with Gasteiger partial charge >= 0.3 is 0 Å². The molecule has 3 heterocycles. The van der Waals surface area contributed by atoms with Gasteiger partial charge in [-0.05, 0) is 66.8 Å². The van der Waals surface area contributed by atoms with E-state index < -0.39 is 15.9 Å². The summed E-state index contributed by atoms with van der Waals surface area (Å²) in [7, 11) is -4.26.